The molecule has 0 atom stereocenters. The Balaban J connectivity index is 3.39. The molecule has 1 aromatic rings. The number of hydrogen-bond donors (Lipinski definition) is 1. The fraction of sp³-hybridized carbons (Fsp3) is 0.200. The van der Waals surface area contributed by atoms with Gasteiger partial charge in [0.2, 0.25) is 0 Å². The maximum atomic E-state index is 11.0. The molecule has 18 heavy (non-hydrogen) atoms. The Hall–Kier alpha value is -2.09. The number of phenolic OH excluding ortho intramolecular Hbond substituents is 1. The fourth-order valence-corrected chi connectivity index (χ4v) is 1.78. The predicted molar refractivity (Wildman–Crippen MR) is 64.1 cm³/mol. The van der Waals surface area contributed by atoms with Gasteiger partial charge in [-0.3, -0.25) is 10.1 Å². The first kappa shape index (κ1) is 14.0. The van der Waals surface area contributed by atoms with Crippen LogP contribution in [0.4, 0.5) is 5.69 Å². The van der Waals surface area contributed by atoms with Crippen LogP contribution in [-0.4, -0.2) is 24.7 Å². The summed E-state index contributed by atoms with van der Waals surface area (Å²) < 4.78 is 26.7. The SMILES string of the molecule is C=CCc1cc(O)c([N+](=O)[O-])cc1OS(C)(=O)=O. The van der Waals surface area contributed by atoms with Crippen molar-refractivity contribution in [2.75, 3.05) is 6.26 Å². The molecule has 1 aromatic carbocycles. The van der Waals surface area contributed by atoms with Crippen LogP contribution >= 0.6 is 0 Å². The highest BCUT2D eigenvalue weighted by Gasteiger charge is 2.20. The lowest BCUT2D eigenvalue weighted by molar-refractivity contribution is -0.385. The van der Waals surface area contributed by atoms with E-state index < -0.39 is 26.5 Å². The van der Waals surface area contributed by atoms with E-state index in [0.717, 1.165) is 18.4 Å². The van der Waals surface area contributed by atoms with E-state index in [2.05, 4.69) is 10.8 Å². The second-order valence-corrected chi connectivity index (χ2v) is 5.06. The number of phenols is 1. The van der Waals surface area contributed by atoms with Gasteiger partial charge in [-0.05, 0) is 12.5 Å². The molecule has 0 amide bonds. The second-order valence-electron chi connectivity index (χ2n) is 3.49. The highest BCUT2D eigenvalue weighted by atomic mass is 32.2. The third kappa shape index (κ3) is 3.45. The summed E-state index contributed by atoms with van der Waals surface area (Å²) in [7, 11) is -3.81. The van der Waals surface area contributed by atoms with E-state index >= 15 is 0 Å². The number of nitro benzene ring substituents is 1. The first-order valence-corrected chi connectivity index (χ1v) is 6.57. The third-order valence-corrected chi connectivity index (χ3v) is 2.44. The molecule has 0 radical (unpaired) electrons. The lowest BCUT2D eigenvalue weighted by atomic mass is 10.1. The van der Waals surface area contributed by atoms with Gasteiger partial charge in [-0.2, -0.15) is 8.42 Å². The molecule has 0 fully saturated rings. The van der Waals surface area contributed by atoms with Crippen molar-refractivity contribution in [2.45, 2.75) is 6.42 Å². The van der Waals surface area contributed by atoms with Gasteiger partial charge in [0.25, 0.3) is 0 Å². The maximum absolute atomic E-state index is 11.0. The van der Waals surface area contributed by atoms with Gasteiger partial charge >= 0.3 is 15.8 Å². The van der Waals surface area contributed by atoms with Crippen LogP contribution in [-0.2, 0) is 16.5 Å². The Morgan fingerprint density at radius 3 is 2.61 bits per heavy atom. The zero-order valence-electron chi connectivity index (χ0n) is 9.49. The van der Waals surface area contributed by atoms with Gasteiger partial charge < -0.3 is 9.29 Å². The van der Waals surface area contributed by atoms with Crippen molar-refractivity contribution in [3.63, 3.8) is 0 Å². The van der Waals surface area contributed by atoms with Crippen molar-refractivity contribution in [1.82, 2.24) is 0 Å². The van der Waals surface area contributed by atoms with E-state index in [0.29, 0.717) is 5.56 Å². The molecule has 98 valence electrons. The van der Waals surface area contributed by atoms with Crippen LogP contribution in [0.2, 0.25) is 0 Å². The molecule has 0 saturated heterocycles. The minimum absolute atomic E-state index is 0.193. The van der Waals surface area contributed by atoms with Crippen molar-refractivity contribution in [3.05, 3.63) is 40.5 Å². The molecule has 8 heteroatoms. The third-order valence-electron chi connectivity index (χ3n) is 1.96. The summed E-state index contributed by atoms with van der Waals surface area (Å²) in [4.78, 5) is 9.80. The van der Waals surface area contributed by atoms with Gasteiger partial charge in [-0.15, -0.1) is 6.58 Å². The molecule has 0 spiro atoms. The van der Waals surface area contributed by atoms with Gasteiger partial charge in [0, 0.05) is 5.56 Å². The average molecular weight is 273 g/mol. The Morgan fingerprint density at radius 2 is 2.17 bits per heavy atom. The molecular weight excluding hydrogens is 262 g/mol. The summed E-state index contributed by atoms with van der Waals surface area (Å²) >= 11 is 0. The predicted octanol–water partition coefficient (Wildman–Crippen LogP) is 1.37. The van der Waals surface area contributed by atoms with Gasteiger partial charge in [-0.1, -0.05) is 6.08 Å². The van der Waals surface area contributed by atoms with E-state index in [1.165, 1.54) is 6.08 Å². The summed E-state index contributed by atoms with van der Waals surface area (Å²) in [5.74, 6) is -0.750. The molecule has 0 bridgehead atoms. The topological polar surface area (TPSA) is 107 Å². The second kappa shape index (κ2) is 5.05. The minimum Gasteiger partial charge on any atom is -0.502 e. The number of benzene rings is 1. The van der Waals surface area contributed by atoms with Crippen LogP contribution in [0.15, 0.2) is 24.8 Å². The summed E-state index contributed by atoms with van der Waals surface area (Å²) in [6, 6.07) is 1.95. The Kier molecular flexibility index (Phi) is 3.92. The van der Waals surface area contributed by atoms with Crippen molar-refractivity contribution in [1.29, 1.82) is 0 Å². The Labute approximate surface area is 104 Å². The molecule has 7 nitrogen and oxygen atoms in total. The molecule has 1 N–H and O–H groups in total. The maximum Gasteiger partial charge on any atom is 0.314 e. The Morgan fingerprint density at radius 1 is 1.56 bits per heavy atom. The fourth-order valence-electron chi connectivity index (χ4n) is 1.30. The lowest BCUT2D eigenvalue weighted by Gasteiger charge is -2.08. The summed E-state index contributed by atoms with van der Waals surface area (Å²) in [5.41, 5.74) is -0.333. The van der Waals surface area contributed by atoms with Crippen LogP contribution < -0.4 is 4.18 Å². The van der Waals surface area contributed by atoms with Crippen LogP contribution in [0.5, 0.6) is 11.5 Å². The van der Waals surface area contributed by atoms with Crippen LogP contribution in [0.25, 0.3) is 0 Å². The monoisotopic (exact) mass is 273 g/mol. The van der Waals surface area contributed by atoms with Crippen molar-refractivity contribution >= 4 is 15.8 Å². The number of aromatic hydroxyl groups is 1. The summed E-state index contributed by atoms with van der Waals surface area (Å²) in [5, 5.41) is 20.1. The zero-order chi connectivity index (χ0) is 13.9. The van der Waals surface area contributed by atoms with E-state index in [9.17, 15) is 23.6 Å². The van der Waals surface area contributed by atoms with Gasteiger partial charge in [0.05, 0.1) is 17.2 Å². The van der Waals surface area contributed by atoms with Crippen LogP contribution in [0.3, 0.4) is 0 Å². The molecule has 0 aliphatic carbocycles. The van der Waals surface area contributed by atoms with Gasteiger partial charge in [-0.25, -0.2) is 0 Å². The van der Waals surface area contributed by atoms with E-state index in [-0.39, 0.29) is 12.2 Å². The number of nitrogens with zero attached hydrogens (tertiary/aromatic N) is 1. The first-order chi connectivity index (χ1) is 8.24. The standard InChI is InChI=1S/C10H11NO6S/c1-3-4-7-5-9(12)8(11(13)14)6-10(7)17-18(2,15)16/h3,5-6,12H,1,4H2,2H3. The minimum atomic E-state index is -3.81. The van der Waals surface area contributed by atoms with Crippen molar-refractivity contribution in [3.8, 4) is 11.5 Å². The van der Waals surface area contributed by atoms with Crippen LogP contribution in [0.1, 0.15) is 5.56 Å². The summed E-state index contributed by atoms with van der Waals surface area (Å²) in [6.07, 6.45) is 2.48. The molecular formula is C10H11NO6S. The smallest absolute Gasteiger partial charge is 0.314 e. The molecule has 0 aliphatic heterocycles. The van der Waals surface area contributed by atoms with E-state index in [4.69, 9.17) is 0 Å². The normalized spacial score (nSPS) is 10.9. The molecule has 0 aliphatic rings. The number of allylic oxidation sites excluding steroid dienone is 1. The zero-order valence-corrected chi connectivity index (χ0v) is 10.3. The van der Waals surface area contributed by atoms with Gasteiger partial charge in [0.15, 0.2) is 11.5 Å². The largest absolute Gasteiger partial charge is 0.502 e. The van der Waals surface area contributed by atoms with Crippen molar-refractivity contribution < 1.29 is 22.6 Å². The highest BCUT2D eigenvalue weighted by Crippen LogP contribution is 2.34. The molecule has 1 rings (SSSR count). The average Bonchev–Trinajstić information content (AvgIpc) is 2.19. The molecule has 0 saturated carbocycles. The van der Waals surface area contributed by atoms with Gasteiger partial charge in [0.1, 0.15) is 0 Å². The number of rotatable bonds is 5. The first-order valence-electron chi connectivity index (χ1n) is 4.75. The molecule has 0 aromatic heterocycles. The summed E-state index contributed by atoms with van der Waals surface area (Å²) in [6.45, 7) is 3.46. The number of nitro groups is 1. The van der Waals surface area contributed by atoms with Crippen molar-refractivity contribution in [2.24, 2.45) is 0 Å². The highest BCUT2D eigenvalue weighted by molar-refractivity contribution is 7.86. The Bertz CT molecular complexity index is 593. The van der Waals surface area contributed by atoms with E-state index in [1.54, 1.807) is 0 Å². The molecule has 0 unspecified atom stereocenters. The lowest BCUT2D eigenvalue weighted by Crippen LogP contribution is -2.08. The molecule has 0 heterocycles. The van der Waals surface area contributed by atoms with E-state index in [1.807, 2.05) is 0 Å². The quantitative estimate of drug-likeness (QED) is 0.376. The number of hydrogen-bond acceptors (Lipinski definition) is 6. The van der Waals surface area contributed by atoms with Crippen LogP contribution in [0, 0.1) is 10.1 Å².